The van der Waals surface area contributed by atoms with Gasteiger partial charge in [-0.05, 0) is 41.7 Å². The summed E-state index contributed by atoms with van der Waals surface area (Å²) in [5, 5.41) is 9.33. The molecule has 0 spiro atoms. The first-order valence-corrected chi connectivity index (χ1v) is 8.83. The van der Waals surface area contributed by atoms with E-state index in [9.17, 15) is 9.90 Å². The van der Waals surface area contributed by atoms with Crippen molar-refractivity contribution in [3.05, 3.63) is 95.1 Å². The summed E-state index contributed by atoms with van der Waals surface area (Å²) in [6.45, 7) is 0.510. The average Bonchev–Trinajstić information content (AvgIpc) is 2.71. The number of carbonyl (C=O) groups is 1. The van der Waals surface area contributed by atoms with E-state index in [-0.39, 0.29) is 5.56 Å². The molecule has 0 aliphatic carbocycles. The number of methoxy groups -OCH3 is 1. The molecule has 0 bridgehead atoms. The topological polar surface area (TPSA) is 55.8 Å². The minimum absolute atomic E-state index is 0.184. The van der Waals surface area contributed by atoms with Crippen LogP contribution in [0.4, 0.5) is 0 Å². The zero-order valence-corrected chi connectivity index (χ0v) is 15.2. The Hall–Kier alpha value is -3.27. The van der Waals surface area contributed by atoms with E-state index in [4.69, 9.17) is 9.47 Å². The van der Waals surface area contributed by atoms with Gasteiger partial charge in [-0.25, -0.2) is 4.79 Å². The van der Waals surface area contributed by atoms with Crippen molar-refractivity contribution in [2.45, 2.75) is 19.4 Å². The lowest BCUT2D eigenvalue weighted by Gasteiger charge is -2.14. The van der Waals surface area contributed by atoms with Gasteiger partial charge in [0.05, 0.1) is 7.11 Å². The maximum Gasteiger partial charge on any atom is 0.339 e. The fourth-order valence-corrected chi connectivity index (χ4v) is 3.05. The van der Waals surface area contributed by atoms with Gasteiger partial charge in [0.2, 0.25) is 0 Å². The largest absolute Gasteiger partial charge is 0.496 e. The maximum absolute atomic E-state index is 11.4. The number of aromatic carboxylic acids is 1. The molecule has 1 N–H and O–H groups in total. The summed E-state index contributed by atoms with van der Waals surface area (Å²) in [5.74, 6) is 0.280. The van der Waals surface area contributed by atoms with Gasteiger partial charge in [0, 0.05) is 0 Å². The third-order valence-corrected chi connectivity index (χ3v) is 4.40. The predicted octanol–water partition coefficient (Wildman–Crippen LogP) is 4.76. The van der Waals surface area contributed by atoms with Crippen molar-refractivity contribution in [2.24, 2.45) is 0 Å². The number of carboxylic acid groups (broad SMARTS) is 1. The van der Waals surface area contributed by atoms with Crippen LogP contribution in [0.15, 0.2) is 72.8 Å². The van der Waals surface area contributed by atoms with Crippen LogP contribution >= 0.6 is 0 Å². The van der Waals surface area contributed by atoms with Gasteiger partial charge in [-0.1, -0.05) is 60.7 Å². The first-order chi connectivity index (χ1) is 13.2. The lowest BCUT2D eigenvalue weighted by atomic mass is 10.0. The van der Waals surface area contributed by atoms with E-state index in [0.717, 1.165) is 28.9 Å². The molecule has 0 aromatic heterocycles. The Morgan fingerprint density at radius 2 is 1.52 bits per heavy atom. The summed E-state index contributed by atoms with van der Waals surface area (Å²) >= 11 is 0. The first kappa shape index (κ1) is 18.5. The first-order valence-electron chi connectivity index (χ1n) is 8.83. The Labute approximate surface area is 159 Å². The van der Waals surface area contributed by atoms with Crippen LogP contribution in [-0.2, 0) is 19.4 Å². The Kier molecular flexibility index (Phi) is 6.10. The number of hydrogen-bond acceptors (Lipinski definition) is 3. The van der Waals surface area contributed by atoms with E-state index in [2.05, 4.69) is 0 Å². The van der Waals surface area contributed by atoms with Crippen molar-refractivity contribution in [2.75, 3.05) is 7.11 Å². The normalized spacial score (nSPS) is 10.4. The molecule has 27 heavy (non-hydrogen) atoms. The molecular weight excluding hydrogens is 340 g/mol. The van der Waals surface area contributed by atoms with Crippen LogP contribution in [0.1, 0.15) is 27.0 Å². The molecule has 0 heterocycles. The van der Waals surface area contributed by atoms with Gasteiger partial charge in [-0.2, -0.15) is 0 Å². The minimum atomic E-state index is -0.986. The molecule has 0 saturated heterocycles. The molecule has 4 heteroatoms. The number of ether oxygens (including phenoxy) is 2. The van der Waals surface area contributed by atoms with Crippen LogP contribution in [0.25, 0.3) is 0 Å². The molecule has 0 radical (unpaired) electrons. The van der Waals surface area contributed by atoms with E-state index in [1.165, 1.54) is 7.11 Å². The number of hydrogen-bond donors (Lipinski definition) is 1. The van der Waals surface area contributed by atoms with Crippen molar-refractivity contribution in [3.63, 3.8) is 0 Å². The highest BCUT2D eigenvalue weighted by molar-refractivity contribution is 5.91. The molecule has 0 aliphatic rings. The van der Waals surface area contributed by atoms with E-state index >= 15 is 0 Å². The second-order valence-corrected chi connectivity index (χ2v) is 6.19. The number of carboxylic acids is 1. The summed E-state index contributed by atoms with van der Waals surface area (Å²) in [7, 11) is 1.50. The van der Waals surface area contributed by atoms with Gasteiger partial charge >= 0.3 is 5.97 Å². The molecule has 0 aliphatic heterocycles. The Morgan fingerprint density at radius 3 is 2.26 bits per heavy atom. The highest BCUT2D eigenvalue weighted by atomic mass is 16.5. The summed E-state index contributed by atoms with van der Waals surface area (Å²) in [5.41, 5.74) is 3.25. The lowest BCUT2D eigenvalue weighted by molar-refractivity contribution is 0.0693. The van der Waals surface area contributed by atoms with Crippen LogP contribution in [-0.4, -0.2) is 18.2 Å². The molecule has 3 aromatic rings. The Morgan fingerprint density at radius 1 is 0.852 bits per heavy atom. The monoisotopic (exact) mass is 362 g/mol. The highest BCUT2D eigenvalue weighted by Crippen LogP contribution is 2.27. The lowest BCUT2D eigenvalue weighted by Crippen LogP contribution is -2.05. The molecule has 0 unspecified atom stereocenters. The van der Waals surface area contributed by atoms with Crippen LogP contribution < -0.4 is 9.47 Å². The fraction of sp³-hybridized carbons (Fsp3) is 0.174. The number of benzene rings is 3. The number of rotatable bonds is 8. The van der Waals surface area contributed by atoms with Crippen molar-refractivity contribution in [1.82, 2.24) is 0 Å². The van der Waals surface area contributed by atoms with E-state index < -0.39 is 5.97 Å². The second-order valence-electron chi connectivity index (χ2n) is 6.19. The van der Waals surface area contributed by atoms with Crippen molar-refractivity contribution >= 4 is 5.97 Å². The second kappa shape index (κ2) is 8.90. The third kappa shape index (κ3) is 4.67. The van der Waals surface area contributed by atoms with Gasteiger partial charge in [-0.3, -0.25) is 0 Å². The average molecular weight is 362 g/mol. The van der Waals surface area contributed by atoms with Crippen LogP contribution in [0, 0.1) is 0 Å². The number of para-hydroxylation sites is 2. The molecule has 0 atom stereocenters. The Balaban J connectivity index is 1.74. The van der Waals surface area contributed by atoms with Gasteiger partial charge in [0.1, 0.15) is 23.7 Å². The zero-order chi connectivity index (χ0) is 19.1. The van der Waals surface area contributed by atoms with Crippen LogP contribution in [0.5, 0.6) is 11.5 Å². The highest BCUT2D eigenvalue weighted by Gasteiger charge is 2.15. The van der Waals surface area contributed by atoms with Crippen molar-refractivity contribution in [1.29, 1.82) is 0 Å². The Bertz CT molecular complexity index is 903. The van der Waals surface area contributed by atoms with E-state index in [1.54, 1.807) is 12.1 Å². The summed E-state index contributed by atoms with van der Waals surface area (Å²) in [6, 6.07) is 23.2. The van der Waals surface area contributed by atoms with Crippen molar-refractivity contribution in [3.8, 4) is 11.5 Å². The standard InChI is InChI=1S/C23H22O4/c1-26-22-19(11-7-12-20(22)23(24)25)15-14-18-10-5-6-13-21(18)27-16-17-8-3-2-4-9-17/h2-13H,14-16H2,1H3,(H,24,25). The molecular formula is C23H22O4. The molecule has 0 saturated carbocycles. The van der Waals surface area contributed by atoms with Gasteiger partial charge < -0.3 is 14.6 Å². The molecule has 0 amide bonds. The predicted molar refractivity (Wildman–Crippen MR) is 105 cm³/mol. The molecule has 3 rings (SSSR count). The number of aryl methyl sites for hydroxylation is 2. The molecule has 4 nitrogen and oxygen atoms in total. The molecule has 138 valence electrons. The SMILES string of the molecule is COc1c(CCc2ccccc2OCc2ccccc2)cccc1C(=O)O. The smallest absolute Gasteiger partial charge is 0.339 e. The van der Waals surface area contributed by atoms with Crippen molar-refractivity contribution < 1.29 is 19.4 Å². The quantitative estimate of drug-likeness (QED) is 0.628. The zero-order valence-electron chi connectivity index (χ0n) is 15.2. The fourth-order valence-electron chi connectivity index (χ4n) is 3.05. The molecule has 3 aromatic carbocycles. The summed E-state index contributed by atoms with van der Waals surface area (Å²) in [4.78, 5) is 11.4. The van der Waals surface area contributed by atoms with Crippen LogP contribution in [0.3, 0.4) is 0 Å². The van der Waals surface area contributed by atoms with Gasteiger partial charge in [0.25, 0.3) is 0 Å². The van der Waals surface area contributed by atoms with E-state index in [1.807, 2.05) is 60.7 Å². The van der Waals surface area contributed by atoms with Gasteiger partial charge in [-0.15, -0.1) is 0 Å². The summed E-state index contributed by atoms with van der Waals surface area (Å²) in [6.07, 6.45) is 1.39. The maximum atomic E-state index is 11.4. The molecule has 0 fully saturated rings. The summed E-state index contributed by atoms with van der Waals surface area (Å²) < 4.78 is 11.4. The van der Waals surface area contributed by atoms with Crippen LogP contribution in [0.2, 0.25) is 0 Å². The third-order valence-electron chi connectivity index (χ3n) is 4.40. The van der Waals surface area contributed by atoms with E-state index in [0.29, 0.717) is 18.8 Å². The van der Waals surface area contributed by atoms with Gasteiger partial charge in [0.15, 0.2) is 0 Å². The minimum Gasteiger partial charge on any atom is -0.496 e.